The molecule has 2 aromatic rings. The second kappa shape index (κ2) is 5.44. The van der Waals surface area contributed by atoms with Gasteiger partial charge in [-0.2, -0.15) is 0 Å². The van der Waals surface area contributed by atoms with E-state index in [0.29, 0.717) is 12.0 Å². The summed E-state index contributed by atoms with van der Waals surface area (Å²) in [5.74, 6) is 2.66. The van der Waals surface area contributed by atoms with Crippen LogP contribution in [0.25, 0.3) is 5.52 Å². The molecule has 0 spiro atoms. The molecule has 1 fully saturated rings. The summed E-state index contributed by atoms with van der Waals surface area (Å²) >= 11 is 0. The Balaban J connectivity index is 1.81. The van der Waals surface area contributed by atoms with Crippen molar-refractivity contribution in [2.24, 2.45) is 0 Å². The van der Waals surface area contributed by atoms with Crippen molar-refractivity contribution in [1.82, 2.24) is 14.3 Å². The number of hydrogen-bond acceptors (Lipinski definition) is 3. The largest absolute Gasteiger partial charge is 0.497 e. The highest BCUT2D eigenvalue weighted by Gasteiger charge is 2.24. The van der Waals surface area contributed by atoms with E-state index < -0.39 is 0 Å². The fourth-order valence-corrected chi connectivity index (χ4v) is 3.10. The first-order valence-electron chi connectivity index (χ1n) is 7.44. The predicted octanol–water partition coefficient (Wildman–Crippen LogP) is 2.93. The molecule has 1 aliphatic heterocycles. The lowest BCUT2D eigenvalue weighted by Crippen LogP contribution is -2.38. The van der Waals surface area contributed by atoms with Crippen molar-refractivity contribution < 1.29 is 4.74 Å². The van der Waals surface area contributed by atoms with Crippen molar-refractivity contribution in [3.8, 4) is 5.75 Å². The third-order valence-corrected chi connectivity index (χ3v) is 4.39. The molecule has 0 atom stereocenters. The van der Waals surface area contributed by atoms with Crippen LogP contribution in [0.4, 0.5) is 0 Å². The first kappa shape index (κ1) is 13.4. The van der Waals surface area contributed by atoms with E-state index in [2.05, 4.69) is 34.3 Å². The molecule has 0 amide bonds. The number of rotatable bonds is 3. The number of aromatic nitrogens is 2. The minimum absolute atomic E-state index is 0.570. The summed E-state index contributed by atoms with van der Waals surface area (Å²) in [6.45, 7) is 6.90. The van der Waals surface area contributed by atoms with E-state index >= 15 is 0 Å². The second-order valence-corrected chi connectivity index (χ2v) is 5.88. The smallest absolute Gasteiger partial charge is 0.122 e. The molecule has 0 saturated carbocycles. The Morgan fingerprint density at radius 1 is 1.30 bits per heavy atom. The molecule has 108 valence electrons. The number of ether oxygens (including phenoxy) is 1. The van der Waals surface area contributed by atoms with Crippen molar-refractivity contribution in [2.75, 3.05) is 20.2 Å². The van der Waals surface area contributed by atoms with Gasteiger partial charge >= 0.3 is 0 Å². The number of fused-ring (bicyclic) bond motifs is 1. The molecule has 0 radical (unpaired) electrons. The molecule has 20 heavy (non-hydrogen) atoms. The fourth-order valence-electron chi connectivity index (χ4n) is 3.10. The monoisotopic (exact) mass is 273 g/mol. The fraction of sp³-hybridized carbons (Fsp3) is 0.562. The molecule has 0 N–H and O–H groups in total. The quantitative estimate of drug-likeness (QED) is 0.861. The van der Waals surface area contributed by atoms with Gasteiger partial charge in [-0.05, 0) is 45.8 Å². The van der Waals surface area contributed by atoms with Gasteiger partial charge in [0.25, 0.3) is 0 Å². The van der Waals surface area contributed by atoms with Gasteiger partial charge < -0.3 is 14.0 Å². The van der Waals surface area contributed by atoms with Gasteiger partial charge in [-0.3, -0.25) is 0 Å². The zero-order valence-corrected chi connectivity index (χ0v) is 12.5. The molecule has 1 aliphatic rings. The molecule has 4 heteroatoms. The number of nitrogens with zero attached hydrogens (tertiary/aromatic N) is 3. The Morgan fingerprint density at radius 3 is 2.70 bits per heavy atom. The lowest BCUT2D eigenvalue weighted by Gasteiger charge is -2.34. The van der Waals surface area contributed by atoms with Crippen LogP contribution < -0.4 is 4.74 Å². The zero-order chi connectivity index (χ0) is 14.1. The molecule has 0 bridgehead atoms. The average molecular weight is 273 g/mol. The van der Waals surface area contributed by atoms with Crippen LogP contribution in [-0.2, 0) is 0 Å². The van der Waals surface area contributed by atoms with Gasteiger partial charge in [0.15, 0.2) is 0 Å². The number of pyridine rings is 1. The number of methoxy groups -OCH3 is 1. The molecule has 2 aromatic heterocycles. The number of imidazole rings is 1. The summed E-state index contributed by atoms with van der Waals surface area (Å²) in [6, 6.07) is 4.69. The summed E-state index contributed by atoms with van der Waals surface area (Å²) in [4.78, 5) is 7.20. The maximum atomic E-state index is 5.27. The Kier molecular flexibility index (Phi) is 3.66. The lowest BCUT2D eigenvalue weighted by molar-refractivity contribution is 0.169. The van der Waals surface area contributed by atoms with E-state index in [-0.39, 0.29) is 0 Å². The molecular weight excluding hydrogens is 250 g/mol. The summed E-state index contributed by atoms with van der Waals surface area (Å²) in [6.07, 6.45) is 6.42. The maximum absolute atomic E-state index is 5.27. The van der Waals surface area contributed by atoms with Gasteiger partial charge in [-0.25, -0.2) is 4.98 Å². The average Bonchev–Trinajstić information content (AvgIpc) is 2.90. The van der Waals surface area contributed by atoms with Gasteiger partial charge in [0.2, 0.25) is 0 Å². The first-order chi connectivity index (χ1) is 9.69. The van der Waals surface area contributed by atoms with Crippen LogP contribution in [0, 0.1) is 0 Å². The first-order valence-corrected chi connectivity index (χ1v) is 7.44. The molecule has 3 heterocycles. The summed E-state index contributed by atoms with van der Waals surface area (Å²) in [5.41, 5.74) is 1.12. The molecule has 0 unspecified atom stereocenters. The summed E-state index contributed by atoms with van der Waals surface area (Å²) in [5, 5.41) is 0. The Hall–Kier alpha value is -1.55. The van der Waals surface area contributed by atoms with Crippen LogP contribution in [0.2, 0.25) is 0 Å². The van der Waals surface area contributed by atoms with Crippen molar-refractivity contribution in [3.63, 3.8) is 0 Å². The highest BCUT2D eigenvalue weighted by molar-refractivity contribution is 5.50. The van der Waals surface area contributed by atoms with Crippen LogP contribution in [0.5, 0.6) is 5.75 Å². The molecular formula is C16H23N3O. The summed E-state index contributed by atoms with van der Waals surface area (Å²) in [7, 11) is 1.70. The highest BCUT2D eigenvalue weighted by Crippen LogP contribution is 2.29. The van der Waals surface area contributed by atoms with Gasteiger partial charge in [0.05, 0.1) is 18.8 Å². The van der Waals surface area contributed by atoms with E-state index in [0.717, 1.165) is 11.3 Å². The van der Waals surface area contributed by atoms with E-state index in [1.807, 2.05) is 18.3 Å². The lowest BCUT2D eigenvalue weighted by atomic mass is 9.95. The van der Waals surface area contributed by atoms with E-state index in [4.69, 9.17) is 4.74 Å². The predicted molar refractivity (Wildman–Crippen MR) is 80.4 cm³/mol. The van der Waals surface area contributed by atoms with E-state index in [9.17, 15) is 0 Å². The minimum atomic E-state index is 0.570. The number of piperidine rings is 1. The van der Waals surface area contributed by atoms with Crippen LogP contribution in [0.3, 0.4) is 0 Å². The number of hydrogen-bond donors (Lipinski definition) is 0. The second-order valence-electron chi connectivity index (χ2n) is 5.88. The van der Waals surface area contributed by atoms with Crippen molar-refractivity contribution in [3.05, 3.63) is 30.4 Å². The van der Waals surface area contributed by atoms with Gasteiger partial charge in [-0.1, -0.05) is 0 Å². The van der Waals surface area contributed by atoms with Crippen molar-refractivity contribution >= 4 is 5.52 Å². The topological polar surface area (TPSA) is 29.8 Å². The Morgan fingerprint density at radius 2 is 2.05 bits per heavy atom. The zero-order valence-electron chi connectivity index (χ0n) is 12.5. The van der Waals surface area contributed by atoms with Gasteiger partial charge in [-0.15, -0.1) is 0 Å². The third kappa shape index (κ3) is 2.40. The standard InChI is InChI=1S/C16H23N3O/c1-12(2)18-7-4-13(5-8-18)16-17-11-14-10-15(20-3)6-9-19(14)16/h6,9-13H,4-5,7-8H2,1-3H3. The normalized spacial score (nSPS) is 18.0. The van der Waals surface area contributed by atoms with Gasteiger partial charge in [0.1, 0.15) is 11.6 Å². The van der Waals surface area contributed by atoms with Crippen LogP contribution in [0.1, 0.15) is 38.4 Å². The molecule has 0 aromatic carbocycles. The maximum Gasteiger partial charge on any atom is 0.122 e. The number of likely N-dealkylation sites (tertiary alicyclic amines) is 1. The molecule has 3 rings (SSSR count). The minimum Gasteiger partial charge on any atom is -0.497 e. The third-order valence-electron chi connectivity index (χ3n) is 4.39. The Labute approximate surface area is 120 Å². The molecule has 1 saturated heterocycles. The molecule has 0 aliphatic carbocycles. The van der Waals surface area contributed by atoms with E-state index in [1.165, 1.54) is 31.8 Å². The molecule has 4 nitrogen and oxygen atoms in total. The Bertz CT molecular complexity index is 582. The van der Waals surface area contributed by atoms with Crippen LogP contribution in [0.15, 0.2) is 24.5 Å². The van der Waals surface area contributed by atoms with Crippen molar-refractivity contribution in [2.45, 2.75) is 38.6 Å². The van der Waals surface area contributed by atoms with Crippen molar-refractivity contribution in [1.29, 1.82) is 0 Å². The van der Waals surface area contributed by atoms with Crippen LogP contribution >= 0.6 is 0 Å². The van der Waals surface area contributed by atoms with Gasteiger partial charge in [0, 0.05) is 24.2 Å². The highest BCUT2D eigenvalue weighted by atomic mass is 16.5. The SMILES string of the molecule is COc1ccn2c(C3CCN(C(C)C)CC3)ncc2c1. The van der Waals surface area contributed by atoms with E-state index in [1.54, 1.807) is 7.11 Å². The van der Waals surface area contributed by atoms with Crippen LogP contribution in [-0.4, -0.2) is 40.5 Å². The summed E-state index contributed by atoms with van der Waals surface area (Å²) < 4.78 is 7.48.